The maximum absolute atomic E-state index is 9.27. The molecule has 1 aliphatic rings. The molecule has 0 unspecified atom stereocenters. The van der Waals surface area contributed by atoms with Crippen molar-refractivity contribution in [3.8, 4) is 0 Å². The van der Waals surface area contributed by atoms with E-state index in [1.54, 1.807) is 0 Å². The number of oxime groups is 1. The van der Waals surface area contributed by atoms with Gasteiger partial charge in [-0.25, -0.2) is 0 Å². The summed E-state index contributed by atoms with van der Waals surface area (Å²) in [6, 6.07) is 8.03. The third-order valence-corrected chi connectivity index (χ3v) is 3.84. The van der Waals surface area contributed by atoms with Gasteiger partial charge in [-0.15, -0.1) is 0 Å². The quantitative estimate of drug-likeness (QED) is 0.518. The fourth-order valence-electron chi connectivity index (χ4n) is 2.48. The summed E-state index contributed by atoms with van der Waals surface area (Å²) in [5, 5.41) is 13.5. The van der Waals surface area contributed by atoms with Crippen molar-refractivity contribution in [3.05, 3.63) is 34.9 Å². The molecule has 18 heavy (non-hydrogen) atoms. The zero-order chi connectivity index (χ0) is 13.1. The summed E-state index contributed by atoms with van der Waals surface area (Å²) in [5.41, 5.74) is 1.73. The van der Waals surface area contributed by atoms with Crippen LogP contribution in [0, 0.1) is 5.92 Å². The van der Waals surface area contributed by atoms with Crippen LogP contribution in [0.5, 0.6) is 0 Å². The molecular weight excluding hydrogens is 248 g/mol. The molecule has 1 aromatic rings. The molecule has 0 bridgehead atoms. The average molecular weight is 267 g/mol. The van der Waals surface area contributed by atoms with Gasteiger partial charge in [0, 0.05) is 23.5 Å². The summed E-state index contributed by atoms with van der Waals surface area (Å²) < 4.78 is 0. The fourth-order valence-corrected chi connectivity index (χ4v) is 2.60. The van der Waals surface area contributed by atoms with Crippen molar-refractivity contribution < 1.29 is 5.21 Å². The molecule has 98 valence electrons. The lowest BCUT2D eigenvalue weighted by Gasteiger charge is -2.20. The number of rotatable bonds is 3. The number of hydrogen-bond acceptors (Lipinski definition) is 3. The van der Waals surface area contributed by atoms with Gasteiger partial charge >= 0.3 is 0 Å². The molecule has 1 saturated heterocycles. The number of benzene rings is 1. The number of halogens is 1. The molecule has 0 amide bonds. The topological polar surface area (TPSA) is 35.8 Å². The largest absolute Gasteiger partial charge is 0.411 e. The molecule has 0 saturated carbocycles. The second-order valence-corrected chi connectivity index (χ2v) is 5.50. The van der Waals surface area contributed by atoms with Crippen molar-refractivity contribution in [2.75, 3.05) is 13.1 Å². The number of nitrogens with zero attached hydrogens (tertiary/aromatic N) is 2. The summed E-state index contributed by atoms with van der Waals surface area (Å²) in [6.07, 6.45) is 1.04. The minimum atomic E-state index is 0.304. The van der Waals surface area contributed by atoms with E-state index in [-0.39, 0.29) is 0 Å². The highest BCUT2D eigenvalue weighted by Gasteiger charge is 2.29. The molecule has 2 rings (SSSR count). The molecule has 1 fully saturated rings. The normalized spacial score (nSPS) is 21.8. The van der Waals surface area contributed by atoms with E-state index >= 15 is 0 Å². The Kier molecular flexibility index (Phi) is 4.25. The van der Waals surface area contributed by atoms with E-state index in [1.165, 1.54) is 0 Å². The van der Waals surface area contributed by atoms with Gasteiger partial charge < -0.3 is 10.1 Å². The Labute approximate surface area is 113 Å². The Hall–Kier alpha value is -1.06. The first-order valence-corrected chi connectivity index (χ1v) is 6.71. The van der Waals surface area contributed by atoms with Gasteiger partial charge in [-0.3, -0.25) is 0 Å². The van der Waals surface area contributed by atoms with Crippen LogP contribution >= 0.6 is 11.6 Å². The Morgan fingerprint density at radius 1 is 1.39 bits per heavy atom. The van der Waals surface area contributed by atoms with Gasteiger partial charge in [0.1, 0.15) is 0 Å². The molecule has 1 N–H and O–H groups in total. The predicted molar refractivity (Wildman–Crippen MR) is 74.6 cm³/mol. The zero-order valence-corrected chi connectivity index (χ0v) is 11.6. The van der Waals surface area contributed by atoms with Crippen LogP contribution in [-0.2, 0) is 0 Å². The van der Waals surface area contributed by atoms with E-state index in [0.29, 0.717) is 17.0 Å². The second kappa shape index (κ2) is 5.72. The van der Waals surface area contributed by atoms with Crippen molar-refractivity contribution in [1.82, 2.24) is 4.90 Å². The van der Waals surface area contributed by atoms with Crippen LogP contribution in [0.15, 0.2) is 29.4 Å². The van der Waals surface area contributed by atoms with Crippen molar-refractivity contribution in [1.29, 1.82) is 0 Å². The Morgan fingerprint density at radius 2 is 2.06 bits per heavy atom. The standard InChI is InChI=1S/C14H19ClN2O/c1-10(2)17-8-7-12(9-17)14(16-18)11-3-5-13(15)6-4-11/h3-6,10,12,18H,7-9H2,1-2H3/b16-14-/t12-/m0/s1. The highest BCUT2D eigenvalue weighted by molar-refractivity contribution is 6.30. The Bertz CT molecular complexity index is 428. The molecule has 1 heterocycles. The van der Waals surface area contributed by atoms with Gasteiger partial charge in [0.2, 0.25) is 0 Å². The van der Waals surface area contributed by atoms with Crippen molar-refractivity contribution >= 4 is 17.3 Å². The summed E-state index contributed by atoms with van der Waals surface area (Å²) in [6.45, 7) is 6.41. The first kappa shape index (κ1) is 13.4. The molecule has 0 aromatic heterocycles. The first-order chi connectivity index (χ1) is 8.61. The minimum absolute atomic E-state index is 0.304. The van der Waals surface area contributed by atoms with Crippen LogP contribution in [0.3, 0.4) is 0 Å². The lowest BCUT2D eigenvalue weighted by molar-refractivity contribution is 0.270. The smallest absolute Gasteiger partial charge is 0.0911 e. The molecule has 1 aliphatic heterocycles. The molecule has 1 atom stereocenters. The van der Waals surface area contributed by atoms with Gasteiger partial charge in [-0.05, 0) is 44.5 Å². The van der Waals surface area contributed by atoms with Gasteiger partial charge in [0.15, 0.2) is 0 Å². The third kappa shape index (κ3) is 2.85. The monoisotopic (exact) mass is 266 g/mol. The average Bonchev–Trinajstić information content (AvgIpc) is 2.82. The first-order valence-electron chi connectivity index (χ1n) is 6.33. The van der Waals surface area contributed by atoms with Crippen LogP contribution in [0.4, 0.5) is 0 Å². The molecule has 0 spiro atoms. The fraction of sp³-hybridized carbons (Fsp3) is 0.500. The van der Waals surface area contributed by atoms with Gasteiger partial charge in [-0.1, -0.05) is 28.9 Å². The van der Waals surface area contributed by atoms with Crippen LogP contribution in [0.2, 0.25) is 5.02 Å². The van der Waals surface area contributed by atoms with Gasteiger partial charge in [0.05, 0.1) is 5.71 Å². The third-order valence-electron chi connectivity index (χ3n) is 3.58. The van der Waals surface area contributed by atoms with Crippen LogP contribution < -0.4 is 0 Å². The van der Waals surface area contributed by atoms with E-state index in [0.717, 1.165) is 30.8 Å². The van der Waals surface area contributed by atoms with Crippen LogP contribution in [0.25, 0.3) is 0 Å². The van der Waals surface area contributed by atoms with Gasteiger partial charge in [-0.2, -0.15) is 0 Å². The van der Waals surface area contributed by atoms with E-state index in [4.69, 9.17) is 11.6 Å². The Balaban J connectivity index is 2.14. The highest BCUT2D eigenvalue weighted by atomic mass is 35.5. The van der Waals surface area contributed by atoms with Crippen LogP contribution in [-0.4, -0.2) is 35.0 Å². The lowest BCUT2D eigenvalue weighted by Crippen LogP contribution is -2.29. The Morgan fingerprint density at radius 3 is 2.56 bits per heavy atom. The molecule has 3 nitrogen and oxygen atoms in total. The molecule has 0 aliphatic carbocycles. The van der Waals surface area contributed by atoms with Crippen molar-refractivity contribution in [3.63, 3.8) is 0 Å². The minimum Gasteiger partial charge on any atom is -0.411 e. The molecular formula is C14H19ClN2O. The number of hydrogen-bond donors (Lipinski definition) is 1. The molecule has 1 aromatic carbocycles. The summed E-state index contributed by atoms with van der Waals surface area (Å²) in [7, 11) is 0. The predicted octanol–water partition coefficient (Wildman–Crippen LogP) is 3.25. The van der Waals surface area contributed by atoms with E-state index in [2.05, 4.69) is 23.9 Å². The SMILES string of the molecule is CC(C)N1CC[C@H](/C(=N\O)c2ccc(Cl)cc2)C1. The maximum atomic E-state index is 9.27. The lowest BCUT2D eigenvalue weighted by atomic mass is 9.96. The molecule has 4 heteroatoms. The van der Waals surface area contributed by atoms with Crippen molar-refractivity contribution in [2.24, 2.45) is 11.1 Å². The summed E-state index contributed by atoms with van der Waals surface area (Å²) in [4.78, 5) is 2.41. The summed E-state index contributed by atoms with van der Waals surface area (Å²) in [5.74, 6) is 0.304. The number of likely N-dealkylation sites (tertiary alicyclic amines) is 1. The van der Waals surface area contributed by atoms with E-state index in [9.17, 15) is 5.21 Å². The summed E-state index contributed by atoms with van der Waals surface area (Å²) >= 11 is 5.87. The van der Waals surface area contributed by atoms with E-state index < -0.39 is 0 Å². The zero-order valence-electron chi connectivity index (χ0n) is 10.8. The maximum Gasteiger partial charge on any atom is 0.0911 e. The highest BCUT2D eigenvalue weighted by Crippen LogP contribution is 2.24. The van der Waals surface area contributed by atoms with Crippen molar-refractivity contribution in [2.45, 2.75) is 26.3 Å². The second-order valence-electron chi connectivity index (χ2n) is 5.07. The van der Waals surface area contributed by atoms with Gasteiger partial charge in [0.25, 0.3) is 0 Å². The van der Waals surface area contributed by atoms with Crippen LogP contribution in [0.1, 0.15) is 25.8 Å². The molecule has 0 radical (unpaired) electrons. The van der Waals surface area contributed by atoms with E-state index in [1.807, 2.05) is 24.3 Å².